The van der Waals surface area contributed by atoms with Gasteiger partial charge in [0.2, 0.25) is 5.91 Å². The Morgan fingerprint density at radius 2 is 1.97 bits per heavy atom. The standard InChI is InChI=1S/C24H26N4O4/c1-15-13-16(19-5-2-3-7-21(19)27-15)14-32-18-10-8-17(9-11-18)28(31)24(30)22-20(23(25)29)6-4-12-26-22/h2-3,5,7-11,13,20,22,26,31H,4,6,12,14H2,1H3,(H2,25,29). The number of hydroxylamine groups is 1. The minimum Gasteiger partial charge on any atom is -0.489 e. The summed E-state index contributed by atoms with van der Waals surface area (Å²) in [4.78, 5) is 28.9. The van der Waals surface area contributed by atoms with Crippen molar-refractivity contribution in [1.82, 2.24) is 10.3 Å². The third-order valence-electron chi connectivity index (χ3n) is 5.70. The minimum absolute atomic E-state index is 0.281. The molecule has 3 aromatic rings. The van der Waals surface area contributed by atoms with E-state index in [0.717, 1.165) is 28.6 Å². The Labute approximate surface area is 186 Å². The van der Waals surface area contributed by atoms with Crippen molar-refractivity contribution in [2.24, 2.45) is 11.7 Å². The zero-order chi connectivity index (χ0) is 22.7. The van der Waals surface area contributed by atoms with Crippen molar-refractivity contribution in [3.05, 3.63) is 65.9 Å². The van der Waals surface area contributed by atoms with Gasteiger partial charge in [-0.25, -0.2) is 0 Å². The number of primary amides is 1. The second kappa shape index (κ2) is 9.33. The van der Waals surface area contributed by atoms with E-state index in [-0.39, 0.29) is 5.69 Å². The van der Waals surface area contributed by atoms with Gasteiger partial charge in [-0.3, -0.25) is 19.8 Å². The molecule has 4 rings (SSSR count). The molecule has 1 aliphatic heterocycles. The molecule has 2 amide bonds. The Morgan fingerprint density at radius 1 is 1.22 bits per heavy atom. The molecular weight excluding hydrogens is 408 g/mol. The van der Waals surface area contributed by atoms with Crippen LogP contribution >= 0.6 is 0 Å². The predicted molar refractivity (Wildman–Crippen MR) is 120 cm³/mol. The van der Waals surface area contributed by atoms with Crippen LogP contribution in [0.3, 0.4) is 0 Å². The average molecular weight is 434 g/mol. The van der Waals surface area contributed by atoms with Gasteiger partial charge in [-0.15, -0.1) is 0 Å². The Balaban J connectivity index is 1.44. The number of rotatable bonds is 6. The van der Waals surface area contributed by atoms with Gasteiger partial charge in [0.05, 0.1) is 17.1 Å². The van der Waals surface area contributed by atoms with Crippen LogP contribution in [0.1, 0.15) is 24.1 Å². The molecule has 2 aromatic carbocycles. The zero-order valence-corrected chi connectivity index (χ0v) is 17.8. The van der Waals surface area contributed by atoms with E-state index in [4.69, 9.17) is 10.5 Å². The molecule has 2 unspecified atom stereocenters. The minimum atomic E-state index is -0.842. The highest BCUT2D eigenvalue weighted by Gasteiger charge is 2.37. The molecular formula is C24H26N4O4. The second-order valence-electron chi connectivity index (χ2n) is 7.96. The fourth-order valence-electron chi connectivity index (χ4n) is 4.07. The lowest BCUT2D eigenvalue weighted by Gasteiger charge is -2.31. The first-order valence-electron chi connectivity index (χ1n) is 10.6. The molecule has 8 nitrogen and oxygen atoms in total. The summed E-state index contributed by atoms with van der Waals surface area (Å²) in [6, 6.07) is 15.6. The molecule has 4 N–H and O–H groups in total. The number of nitrogens with zero attached hydrogens (tertiary/aromatic N) is 2. The van der Waals surface area contributed by atoms with Gasteiger partial charge in [-0.05, 0) is 62.7 Å². The van der Waals surface area contributed by atoms with E-state index >= 15 is 0 Å². The number of piperidine rings is 1. The smallest absolute Gasteiger partial charge is 0.268 e. The van der Waals surface area contributed by atoms with Crippen LogP contribution in [0.2, 0.25) is 0 Å². The van der Waals surface area contributed by atoms with Crippen LogP contribution in [0.4, 0.5) is 5.69 Å². The number of fused-ring (bicyclic) bond motifs is 1. The van der Waals surface area contributed by atoms with Crippen molar-refractivity contribution in [3.8, 4) is 5.75 Å². The number of hydrogen-bond acceptors (Lipinski definition) is 6. The predicted octanol–water partition coefficient (Wildman–Crippen LogP) is 2.70. The summed E-state index contributed by atoms with van der Waals surface area (Å²) in [5, 5.41) is 15.0. The van der Waals surface area contributed by atoms with Crippen LogP contribution in [0.15, 0.2) is 54.6 Å². The molecule has 2 heterocycles. The van der Waals surface area contributed by atoms with E-state index in [1.165, 1.54) is 0 Å². The summed E-state index contributed by atoms with van der Waals surface area (Å²) < 4.78 is 5.93. The fraction of sp³-hybridized carbons (Fsp3) is 0.292. The van der Waals surface area contributed by atoms with Crippen LogP contribution in [0, 0.1) is 12.8 Å². The lowest BCUT2D eigenvalue weighted by Crippen LogP contribution is -2.55. The molecule has 0 spiro atoms. The van der Waals surface area contributed by atoms with Crippen molar-refractivity contribution in [3.63, 3.8) is 0 Å². The van der Waals surface area contributed by atoms with Gasteiger partial charge in [0.1, 0.15) is 18.4 Å². The van der Waals surface area contributed by atoms with E-state index in [1.807, 2.05) is 37.3 Å². The number of anilines is 1. The lowest BCUT2D eigenvalue weighted by atomic mass is 9.89. The lowest BCUT2D eigenvalue weighted by molar-refractivity contribution is -0.133. The highest BCUT2D eigenvalue weighted by molar-refractivity contribution is 5.98. The Bertz CT molecular complexity index is 1130. The normalized spacial score (nSPS) is 18.3. The summed E-state index contributed by atoms with van der Waals surface area (Å²) in [6.07, 6.45) is 1.27. The number of amides is 2. The maximum Gasteiger partial charge on any atom is 0.268 e. The van der Waals surface area contributed by atoms with Crippen molar-refractivity contribution >= 4 is 28.4 Å². The molecule has 1 aliphatic rings. The molecule has 2 atom stereocenters. The highest BCUT2D eigenvalue weighted by atomic mass is 16.5. The summed E-state index contributed by atoms with van der Waals surface area (Å²) in [5.74, 6) is -1.21. The second-order valence-corrected chi connectivity index (χ2v) is 7.96. The fourth-order valence-corrected chi connectivity index (χ4v) is 4.07. The third kappa shape index (κ3) is 4.56. The number of aromatic nitrogens is 1. The van der Waals surface area contributed by atoms with E-state index in [9.17, 15) is 14.8 Å². The molecule has 1 fully saturated rings. The number of para-hydroxylation sites is 1. The number of aryl methyl sites for hydroxylation is 1. The van der Waals surface area contributed by atoms with Gasteiger partial charge in [0.15, 0.2) is 0 Å². The van der Waals surface area contributed by atoms with Crippen LogP contribution in [-0.4, -0.2) is 34.6 Å². The number of nitrogens with two attached hydrogens (primary N) is 1. The van der Waals surface area contributed by atoms with E-state index < -0.39 is 23.8 Å². The summed E-state index contributed by atoms with van der Waals surface area (Å²) in [7, 11) is 0. The summed E-state index contributed by atoms with van der Waals surface area (Å²) in [6.45, 7) is 2.89. The number of pyridine rings is 1. The third-order valence-corrected chi connectivity index (χ3v) is 5.70. The molecule has 1 aromatic heterocycles. The van der Waals surface area contributed by atoms with Crippen LogP contribution in [0.25, 0.3) is 10.9 Å². The van der Waals surface area contributed by atoms with Gasteiger partial charge in [0, 0.05) is 16.6 Å². The number of carbonyl (C=O) groups excluding carboxylic acids is 2. The first kappa shape index (κ1) is 21.7. The zero-order valence-electron chi connectivity index (χ0n) is 17.8. The van der Waals surface area contributed by atoms with Gasteiger partial charge < -0.3 is 15.8 Å². The first-order chi connectivity index (χ1) is 15.4. The van der Waals surface area contributed by atoms with Crippen molar-refractivity contribution in [2.75, 3.05) is 11.6 Å². The maximum atomic E-state index is 12.7. The molecule has 32 heavy (non-hydrogen) atoms. The Hall–Kier alpha value is -3.49. The van der Waals surface area contributed by atoms with Crippen molar-refractivity contribution < 1.29 is 19.5 Å². The SMILES string of the molecule is Cc1cc(COc2ccc(N(O)C(=O)C3NCCCC3C(N)=O)cc2)c2ccccc2n1. The number of hydrogen-bond donors (Lipinski definition) is 3. The van der Waals surface area contributed by atoms with Crippen LogP contribution in [0.5, 0.6) is 5.75 Å². The number of ether oxygens (including phenoxy) is 1. The van der Waals surface area contributed by atoms with Gasteiger partial charge in [-0.2, -0.15) is 5.06 Å². The number of carbonyl (C=O) groups is 2. The van der Waals surface area contributed by atoms with Crippen LogP contribution < -0.4 is 20.9 Å². The maximum absolute atomic E-state index is 12.7. The molecule has 166 valence electrons. The molecule has 0 radical (unpaired) electrons. The van der Waals surface area contributed by atoms with E-state index in [2.05, 4.69) is 10.3 Å². The number of benzene rings is 2. The molecule has 0 aliphatic carbocycles. The van der Waals surface area contributed by atoms with Gasteiger partial charge in [0.25, 0.3) is 5.91 Å². The largest absolute Gasteiger partial charge is 0.489 e. The molecule has 0 saturated carbocycles. The Kier molecular flexibility index (Phi) is 6.34. The Morgan fingerprint density at radius 3 is 2.72 bits per heavy atom. The van der Waals surface area contributed by atoms with E-state index in [0.29, 0.717) is 30.4 Å². The first-order valence-corrected chi connectivity index (χ1v) is 10.6. The summed E-state index contributed by atoms with van der Waals surface area (Å²) in [5.41, 5.74) is 8.57. The average Bonchev–Trinajstić information content (AvgIpc) is 2.81. The summed E-state index contributed by atoms with van der Waals surface area (Å²) >= 11 is 0. The van der Waals surface area contributed by atoms with Crippen molar-refractivity contribution in [2.45, 2.75) is 32.4 Å². The highest BCUT2D eigenvalue weighted by Crippen LogP contribution is 2.24. The molecule has 8 heteroatoms. The number of nitrogens with one attached hydrogen (secondary N) is 1. The molecule has 1 saturated heterocycles. The van der Waals surface area contributed by atoms with Gasteiger partial charge >= 0.3 is 0 Å². The quantitative estimate of drug-likeness (QED) is 0.406. The monoisotopic (exact) mass is 434 g/mol. The van der Waals surface area contributed by atoms with Crippen molar-refractivity contribution in [1.29, 1.82) is 0 Å². The molecule has 0 bridgehead atoms. The van der Waals surface area contributed by atoms with Gasteiger partial charge in [-0.1, -0.05) is 18.2 Å². The van der Waals surface area contributed by atoms with E-state index in [1.54, 1.807) is 24.3 Å². The van der Waals surface area contributed by atoms with Crippen LogP contribution in [-0.2, 0) is 16.2 Å². The topological polar surface area (TPSA) is 118 Å².